The molecule has 0 aliphatic rings. The lowest BCUT2D eigenvalue weighted by Crippen LogP contribution is -2.43. The maximum Gasteiger partial charge on any atom is 0.245 e. The van der Waals surface area contributed by atoms with Gasteiger partial charge in [-0.1, -0.05) is 45.0 Å². The lowest BCUT2D eigenvalue weighted by molar-refractivity contribution is -0.135. The Balaban J connectivity index is 1.83. The Hall–Kier alpha value is -3.61. The number of aromatic nitrogens is 2. The van der Waals surface area contributed by atoms with Gasteiger partial charge in [0.05, 0.1) is 24.9 Å². The predicted octanol–water partition coefficient (Wildman–Crippen LogP) is 5.21. The van der Waals surface area contributed by atoms with Crippen molar-refractivity contribution in [2.75, 3.05) is 19.0 Å². The van der Waals surface area contributed by atoms with Gasteiger partial charge in [-0.05, 0) is 62.6 Å². The molecular weight excluding hydrogens is 452 g/mol. The largest absolute Gasteiger partial charge is 0.497 e. The van der Waals surface area contributed by atoms with E-state index in [9.17, 15) is 9.59 Å². The van der Waals surface area contributed by atoms with Gasteiger partial charge in [-0.15, -0.1) is 0 Å². The summed E-state index contributed by atoms with van der Waals surface area (Å²) < 4.78 is 6.98. The van der Waals surface area contributed by atoms with E-state index in [2.05, 4.69) is 39.1 Å². The highest BCUT2D eigenvalue weighted by molar-refractivity contribution is 5.94. The third-order valence-corrected chi connectivity index (χ3v) is 6.32. The molecule has 2 aromatic carbocycles. The fourth-order valence-corrected chi connectivity index (χ4v) is 3.90. The van der Waals surface area contributed by atoms with Gasteiger partial charge in [-0.25, -0.2) is 4.68 Å². The van der Waals surface area contributed by atoms with Gasteiger partial charge < -0.3 is 15.0 Å². The Morgan fingerprint density at radius 1 is 1.08 bits per heavy atom. The normalized spacial score (nSPS) is 11.5. The number of nitrogens with one attached hydrogen (secondary N) is 1. The van der Waals surface area contributed by atoms with Gasteiger partial charge in [-0.2, -0.15) is 5.10 Å². The molecule has 2 amide bonds. The van der Waals surface area contributed by atoms with Crippen LogP contribution in [0.25, 0.3) is 5.69 Å². The van der Waals surface area contributed by atoms with Crippen LogP contribution in [0.3, 0.4) is 0 Å². The molecule has 0 spiro atoms. The standard InChI is InChI=1S/C29H38N4O3/c1-19(2)32(28(35)16-22-12-14-23(36-8)15-13-22)18-27(34)30-26-17-25(29(5,6)7)31-33(26)24-11-9-10-20(3)21(24)4/h9-15,17,19H,16,18H2,1-8H3,(H,30,34). The molecule has 36 heavy (non-hydrogen) atoms. The fraction of sp³-hybridized carbons (Fsp3) is 0.414. The quantitative estimate of drug-likeness (QED) is 0.470. The Bertz CT molecular complexity index is 1220. The van der Waals surface area contributed by atoms with Crippen LogP contribution in [0.15, 0.2) is 48.5 Å². The summed E-state index contributed by atoms with van der Waals surface area (Å²) in [5, 5.41) is 7.86. The average molecular weight is 491 g/mol. The first kappa shape index (κ1) is 27.0. The molecule has 0 aliphatic heterocycles. The molecular formula is C29H38N4O3. The Morgan fingerprint density at radius 2 is 1.75 bits per heavy atom. The van der Waals surface area contributed by atoms with Gasteiger partial charge in [0.25, 0.3) is 0 Å². The highest BCUT2D eigenvalue weighted by Gasteiger charge is 2.24. The van der Waals surface area contributed by atoms with E-state index in [4.69, 9.17) is 9.84 Å². The highest BCUT2D eigenvalue weighted by Crippen LogP contribution is 2.28. The van der Waals surface area contributed by atoms with Crippen LogP contribution in [0.1, 0.15) is 57.0 Å². The zero-order valence-corrected chi connectivity index (χ0v) is 22.7. The van der Waals surface area contributed by atoms with E-state index < -0.39 is 0 Å². The average Bonchev–Trinajstić information content (AvgIpc) is 3.23. The van der Waals surface area contributed by atoms with Gasteiger partial charge in [0.1, 0.15) is 18.1 Å². The molecule has 0 fully saturated rings. The number of carbonyl (C=O) groups excluding carboxylic acids is 2. The number of aryl methyl sites for hydroxylation is 1. The molecule has 0 saturated carbocycles. The number of methoxy groups -OCH3 is 1. The van der Waals surface area contributed by atoms with Crippen LogP contribution in [-0.2, 0) is 21.4 Å². The Labute approximate surface area is 214 Å². The second kappa shape index (κ2) is 11.0. The van der Waals surface area contributed by atoms with Crippen molar-refractivity contribution in [2.45, 2.75) is 66.3 Å². The number of benzene rings is 2. The van der Waals surface area contributed by atoms with Gasteiger partial charge in [0.2, 0.25) is 11.8 Å². The molecule has 192 valence electrons. The van der Waals surface area contributed by atoms with Crippen molar-refractivity contribution in [3.8, 4) is 11.4 Å². The fourth-order valence-electron chi connectivity index (χ4n) is 3.90. The molecule has 3 aromatic rings. The molecule has 7 nitrogen and oxygen atoms in total. The molecule has 0 aliphatic carbocycles. The zero-order valence-electron chi connectivity index (χ0n) is 22.7. The number of hydrogen-bond donors (Lipinski definition) is 1. The Kier molecular flexibility index (Phi) is 8.23. The molecule has 0 radical (unpaired) electrons. The molecule has 0 saturated heterocycles. The molecule has 0 bridgehead atoms. The monoisotopic (exact) mass is 490 g/mol. The van der Waals surface area contributed by atoms with E-state index in [-0.39, 0.29) is 36.2 Å². The lowest BCUT2D eigenvalue weighted by atomic mass is 9.92. The van der Waals surface area contributed by atoms with Crippen LogP contribution in [0.5, 0.6) is 5.75 Å². The summed E-state index contributed by atoms with van der Waals surface area (Å²) in [4.78, 5) is 27.9. The summed E-state index contributed by atoms with van der Waals surface area (Å²) in [5.41, 5.74) is 4.70. The second-order valence-corrected chi connectivity index (χ2v) is 10.5. The minimum atomic E-state index is -0.265. The van der Waals surface area contributed by atoms with Crippen molar-refractivity contribution in [3.05, 3.63) is 70.9 Å². The van der Waals surface area contributed by atoms with Crippen molar-refractivity contribution in [1.29, 1.82) is 0 Å². The van der Waals surface area contributed by atoms with Gasteiger partial charge in [0.15, 0.2) is 0 Å². The van der Waals surface area contributed by atoms with E-state index in [0.29, 0.717) is 5.82 Å². The van der Waals surface area contributed by atoms with Crippen molar-refractivity contribution >= 4 is 17.6 Å². The topological polar surface area (TPSA) is 76.5 Å². The zero-order chi connectivity index (χ0) is 26.6. The number of hydrogen-bond acceptors (Lipinski definition) is 4. The van der Waals surface area contributed by atoms with Gasteiger partial charge in [0, 0.05) is 17.5 Å². The summed E-state index contributed by atoms with van der Waals surface area (Å²) in [6.07, 6.45) is 0.212. The van der Waals surface area contributed by atoms with Crippen molar-refractivity contribution in [1.82, 2.24) is 14.7 Å². The summed E-state index contributed by atoms with van der Waals surface area (Å²) in [6, 6.07) is 15.2. The summed E-state index contributed by atoms with van der Waals surface area (Å²) in [5.74, 6) is 0.953. The molecule has 0 atom stereocenters. The highest BCUT2D eigenvalue weighted by atomic mass is 16.5. The number of carbonyl (C=O) groups is 2. The first-order valence-corrected chi connectivity index (χ1v) is 12.3. The maximum absolute atomic E-state index is 13.2. The molecule has 1 heterocycles. The SMILES string of the molecule is COc1ccc(CC(=O)N(CC(=O)Nc2cc(C(C)(C)C)nn2-c2cccc(C)c2C)C(C)C)cc1. The van der Waals surface area contributed by atoms with Crippen molar-refractivity contribution in [3.63, 3.8) is 0 Å². The van der Waals surface area contributed by atoms with Crippen LogP contribution in [0.4, 0.5) is 5.82 Å². The first-order valence-electron chi connectivity index (χ1n) is 12.3. The van der Waals surface area contributed by atoms with Crippen LogP contribution >= 0.6 is 0 Å². The summed E-state index contributed by atoms with van der Waals surface area (Å²) in [7, 11) is 1.61. The van der Waals surface area contributed by atoms with E-state index in [1.165, 1.54) is 0 Å². The summed E-state index contributed by atoms with van der Waals surface area (Å²) in [6.45, 7) is 14.2. The van der Waals surface area contributed by atoms with Crippen LogP contribution in [-0.4, -0.2) is 46.2 Å². The molecule has 3 rings (SSSR count). The minimum Gasteiger partial charge on any atom is -0.497 e. The predicted molar refractivity (Wildman–Crippen MR) is 144 cm³/mol. The second-order valence-electron chi connectivity index (χ2n) is 10.5. The lowest BCUT2D eigenvalue weighted by Gasteiger charge is -2.26. The van der Waals surface area contributed by atoms with E-state index in [1.54, 1.807) is 16.7 Å². The van der Waals surface area contributed by atoms with Gasteiger partial charge in [-0.3, -0.25) is 9.59 Å². The van der Waals surface area contributed by atoms with Crippen LogP contribution in [0.2, 0.25) is 0 Å². The van der Waals surface area contributed by atoms with Crippen LogP contribution < -0.4 is 10.1 Å². The third kappa shape index (κ3) is 6.33. The van der Waals surface area contributed by atoms with E-state index in [0.717, 1.165) is 33.8 Å². The maximum atomic E-state index is 13.2. The smallest absolute Gasteiger partial charge is 0.245 e. The minimum absolute atomic E-state index is 0.0461. The van der Waals surface area contributed by atoms with Crippen molar-refractivity contribution in [2.24, 2.45) is 0 Å². The summed E-state index contributed by atoms with van der Waals surface area (Å²) >= 11 is 0. The van der Waals surface area contributed by atoms with Crippen molar-refractivity contribution < 1.29 is 14.3 Å². The number of rotatable bonds is 8. The number of nitrogens with zero attached hydrogens (tertiary/aromatic N) is 3. The molecule has 0 unspecified atom stereocenters. The third-order valence-electron chi connectivity index (χ3n) is 6.32. The van der Waals surface area contributed by atoms with Crippen LogP contribution in [0, 0.1) is 13.8 Å². The van der Waals surface area contributed by atoms with E-state index >= 15 is 0 Å². The van der Waals surface area contributed by atoms with E-state index in [1.807, 2.05) is 63.2 Å². The Morgan fingerprint density at radius 3 is 2.33 bits per heavy atom. The number of ether oxygens (including phenoxy) is 1. The molecule has 1 aromatic heterocycles. The number of anilines is 1. The first-order chi connectivity index (χ1) is 16.9. The van der Waals surface area contributed by atoms with Gasteiger partial charge >= 0.3 is 0 Å². The number of amides is 2. The molecule has 1 N–H and O–H groups in total. The molecule has 7 heteroatoms.